The van der Waals surface area contributed by atoms with Gasteiger partial charge in [-0.15, -0.1) is 0 Å². The van der Waals surface area contributed by atoms with E-state index in [1.54, 1.807) is 42.2 Å². The van der Waals surface area contributed by atoms with E-state index < -0.39 is 35.2 Å². The molecule has 1 saturated heterocycles. The molecule has 2 aromatic carbocycles. The Labute approximate surface area is 182 Å². The van der Waals surface area contributed by atoms with Gasteiger partial charge in [0.15, 0.2) is 11.3 Å². The van der Waals surface area contributed by atoms with Crippen molar-refractivity contribution in [3.05, 3.63) is 59.2 Å². The minimum absolute atomic E-state index is 0.0817. The highest BCUT2D eigenvalue weighted by Gasteiger charge is 2.59. The van der Waals surface area contributed by atoms with Crippen LogP contribution in [0.1, 0.15) is 49.0 Å². The van der Waals surface area contributed by atoms with Gasteiger partial charge in [0.05, 0.1) is 28.8 Å². The lowest BCUT2D eigenvalue weighted by Crippen LogP contribution is -2.57. The molecule has 162 valence electrons. The van der Waals surface area contributed by atoms with Gasteiger partial charge in [-0.25, -0.2) is 0 Å². The van der Waals surface area contributed by atoms with Gasteiger partial charge in [-0.2, -0.15) is 18.4 Å². The lowest BCUT2D eigenvalue weighted by molar-refractivity contribution is -0.137. The fourth-order valence-electron chi connectivity index (χ4n) is 4.31. The molecular weight excluding hydrogens is 427 g/mol. The van der Waals surface area contributed by atoms with Crippen molar-refractivity contribution in [3.8, 4) is 6.07 Å². The van der Waals surface area contributed by atoms with Crippen LogP contribution in [-0.2, 0) is 6.18 Å². The molecule has 2 aliphatic rings. The fraction of sp³-hybridized carbons (Fsp3) is 0.364. The molecule has 1 spiro atoms. The Bertz CT molecular complexity index is 1060. The van der Waals surface area contributed by atoms with Crippen LogP contribution in [0.25, 0.3) is 0 Å². The van der Waals surface area contributed by atoms with E-state index in [4.69, 9.17) is 17.5 Å². The molecule has 31 heavy (non-hydrogen) atoms. The summed E-state index contributed by atoms with van der Waals surface area (Å²) in [5.74, 6) is 0. The Morgan fingerprint density at radius 3 is 2.26 bits per heavy atom. The smallest absolute Gasteiger partial charge is 0.389 e. The molecule has 9 heteroatoms. The molecule has 0 radical (unpaired) electrons. The van der Waals surface area contributed by atoms with Crippen LogP contribution in [0.4, 0.5) is 24.5 Å². The Kier molecular flexibility index (Phi) is 5.20. The monoisotopic (exact) mass is 447 g/mol. The summed E-state index contributed by atoms with van der Waals surface area (Å²) in [5.41, 5.74) is -0.797. The topological polar surface area (TPSA) is 70.7 Å². The second-order valence-electron chi connectivity index (χ2n) is 7.93. The first-order valence-corrected chi connectivity index (χ1v) is 10.2. The van der Waals surface area contributed by atoms with E-state index in [0.717, 1.165) is 24.1 Å². The molecule has 2 atom stereocenters. The van der Waals surface area contributed by atoms with Crippen LogP contribution < -0.4 is 9.80 Å². The van der Waals surface area contributed by atoms with Crippen molar-refractivity contribution in [2.45, 2.75) is 50.2 Å². The third kappa shape index (κ3) is 3.35. The van der Waals surface area contributed by atoms with E-state index in [0.29, 0.717) is 18.5 Å². The van der Waals surface area contributed by atoms with Gasteiger partial charge in [0, 0.05) is 11.4 Å². The molecule has 2 unspecified atom stereocenters. The minimum atomic E-state index is -4.71. The standard InChI is InChI=1S/C22H20F3N3O2S/c1-13(29)14-3-6-16(7-4-14)28-20(31)27(19(30)21(28)9-2-10-21)17-8-5-15(12-26)18(11-17)22(23,24)25/h3-8,11,13,19,29-30H,2,9-10H2,1H3. The van der Waals surface area contributed by atoms with E-state index in [1.165, 1.54) is 11.0 Å². The summed E-state index contributed by atoms with van der Waals surface area (Å²) in [6.07, 6.45) is -4.37. The average molecular weight is 447 g/mol. The van der Waals surface area contributed by atoms with Crippen molar-refractivity contribution in [2.24, 2.45) is 0 Å². The van der Waals surface area contributed by atoms with Crippen LogP contribution >= 0.6 is 12.2 Å². The van der Waals surface area contributed by atoms with Crippen LogP contribution in [0.5, 0.6) is 0 Å². The van der Waals surface area contributed by atoms with Crippen LogP contribution in [0.2, 0.25) is 0 Å². The SMILES string of the molecule is CC(O)c1ccc(N2C(=S)N(c3ccc(C#N)c(C(F)(F)F)c3)C(O)C23CCC3)cc1. The van der Waals surface area contributed by atoms with Crippen molar-refractivity contribution < 1.29 is 23.4 Å². The normalized spacial score (nSPS) is 21.2. The first kappa shape index (κ1) is 21.6. The van der Waals surface area contributed by atoms with E-state index >= 15 is 0 Å². The Morgan fingerprint density at radius 2 is 1.77 bits per heavy atom. The number of halogens is 3. The molecule has 1 aliphatic carbocycles. The molecule has 0 bridgehead atoms. The first-order chi connectivity index (χ1) is 14.6. The number of benzene rings is 2. The van der Waals surface area contributed by atoms with Crippen molar-refractivity contribution in [1.82, 2.24) is 0 Å². The van der Waals surface area contributed by atoms with Gasteiger partial charge in [0.1, 0.15) is 0 Å². The van der Waals surface area contributed by atoms with E-state index in [2.05, 4.69) is 0 Å². The summed E-state index contributed by atoms with van der Waals surface area (Å²) in [7, 11) is 0. The molecule has 1 saturated carbocycles. The van der Waals surface area contributed by atoms with E-state index in [-0.39, 0.29) is 10.8 Å². The molecular formula is C22H20F3N3O2S. The molecule has 0 aromatic heterocycles. The van der Waals surface area contributed by atoms with Gasteiger partial charge >= 0.3 is 6.18 Å². The number of aliphatic hydroxyl groups excluding tert-OH is 2. The highest BCUT2D eigenvalue weighted by molar-refractivity contribution is 7.80. The average Bonchev–Trinajstić information content (AvgIpc) is 2.93. The molecule has 2 N–H and O–H groups in total. The summed E-state index contributed by atoms with van der Waals surface area (Å²) in [6.45, 7) is 1.65. The first-order valence-electron chi connectivity index (χ1n) is 9.81. The van der Waals surface area contributed by atoms with E-state index in [9.17, 15) is 23.4 Å². The number of anilines is 2. The van der Waals surface area contributed by atoms with Crippen LogP contribution in [0.15, 0.2) is 42.5 Å². The number of nitrogens with zero attached hydrogens (tertiary/aromatic N) is 3. The summed E-state index contributed by atoms with van der Waals surface area (Å²) in [5, 5.41) is 30.2. The quantitative estimate of drug-likeness (QED) is 0.676. The van der Waals surface area contributed by atoms with Crippen molar-refractivity contribution in [2.75, 3.05) is 9.80 Å². The highest BCUT2D eigenvalue weighted by atomic mass is 32.1. The number of alkyl halides is 3. The molecule has 5 nitrogen and oxygen atoms in total. The predicted octanol–water partition coefficient (Wildman–Crippen LogP) is 4.48. The Balaban J connectivity index is 1.78. The number of hydrogen-bond donors (Lipinski definition) is 2. The third-order valence-electron chi connectivity index (χ3n) is 6.13. The van der Waals surface area contributed by atoms with Gasteiger partial charge in [0.25, 0.3) is 0 Å². The molecule has 1 heterocycles. The summed E-state index contributed by atoms with van der Waals surface area (Å²) < 4.78 is 40.4. The zero-order valence-electron chi connectivity index (χ0n) is 16.6. The van der Waals surface area contributed by atoms with Crippen LogP contribution in [-0.4, -0.2) is 27.1 Å². The van der Waals surface area contributed by atoms with Gasteiger partial charge < -0.3 is 15.1 Å². The number of thiocarbonyl (C=S) groups is 1. The zero-order chi connectivity index (χ0) is 22.6. The highest BCUT2D eigenvalue weighted by Crippen LogP contribution is 2.50. The van der Waals surface area contributed by atoms with Gasteiger partial charge in [-0.3, -0.25) is 4.90 Å². The predicted molar refractivity (Wildman–Crippen MR) is 113 cm³/mol. The Hall–Kier alpha value is -2.67. The lowest BCUT2D eigenvalue weighted by Gasteiger charge is -2.46. The number of rotatable bonds is 3. The molecule has 4 rings (SSSR count). The second-order valence-corrected chi connectivity index (χ2v) is 8.29. The van der Waals surface area contributed by atoms with E-state index in [1.807, 2.05) is 0 Å². The molecule has 2 aromatic rings. The van der Waals surface area contributed by atoms with Gasteiger partial charge in [-0.05, 0) is 74.3 Å². The zero-order valence-corrected chi connectivity index (χ0v) is 17.4. The summed E-state index contributed by atoms with van der Waals surface area (Å²) in [6, 6.07) is 12.0. The van der Waals surface area contributed by atoms with Crippen LogP contribution in [0, 0.1) is 11.3 Å². The number of nitriles is 1. The molecule has 1 aliphatic heterocycles. The van der Waals surface area contributed by atoms with Crippen LogP contribution in [0.3, 0.4) is 0 Å². The maximum Gasteiger partial charge on any atom is 0.417 e. The maximum absolute atomic E-state index is 13.5. The lowest BCUT2D eigenvalue weighted by atomic mass is 9.74. The minimum Gasteiger partial charge on any atom is -0.389 e. The number of aliphatic hydroxyl groups is 2. The van der Waals surface area contributed by atoms with Gasteiger partial charge in [-0.1, -0.05) is 12.1 Å². The Morgan fingerprint density at radius 1 is 1.16 bits per heavy atom. The van der Waals surface area contributed by atoms with Gasteiger partial charge in [0.2, 0.25) is 0 Å². The maximum atomic E-state index is 13.5. The van der Waals surface area contributed by atoms with Crippen molar-refractivity contribution in [1.29, 1.82) is 5.26 Å². The molecule has 2 fully saturated rings. The number of hydrogen-bond acceptors (Lipinski definition) is 4. The molecule has 0 amide bonds. The third-order valence-corrected chi connectivity index (χ3v) is 6.51. The summed E-state index contributed by atoms with van der Waals surface area (Å²) >= 11 is 5.63. The summed E-state index contributed by atoms with van der Waals surface area (Å²) in [4.78, 5) is 3.13. The van der Waals surface area contributed by atoms with Crippen molar-refractivity contribution in [3.63, 3.8) is 0 Å². The largest absolute Gasteiger partial charge is 0.417 e. The van der Waals surface area contributed by atoms with Crippen molar-refractivity contribution >= 4 is 28.7 Å². The second kappa shape index (κ2) is 7.48. The fourth-order valence-corrected chi connectivity index (χ4v) is 4.81.